The summed E-state index contributed by atoms with van der Waals surface area (Å²) in [6.07, 6.45) is 2.61. The summed E-state index contributed by atoms with van der Waals surface area (Å²) in [6.45, 7) is 0. The monoisotopic (exact) mass is 340 g/mol. The van der Waals surface area contributed by atoms with E-state index in [0.717, 1.165) is 35.7 Å². The molecule has 5 nitrogen and oxygen atoms in total. The molecule has 0 aromatic heterocycles. The van der Waals surface area contributed by atoms with Gasteiger partial charge in [-0.05, 0) is 62.1 Å². The van der Waals surface area contributed by atoms with E-state index in [9.17, 15) is 9.90 Å². The average Bonchev–Trinajstić information content (AvgIpc) is 2.64. The van der Waals surface area contributed by atoms with Crippen LogP contribution >= 0.6 is 0 Å². The van der Waals surface area contributed by atoms with Gasteiger partial charge < -0.3 is 20.5 Å². The van der Waals surface area contributed by atoms with Crippen LogP contribution in [0.5, 0.6) is 5.75 Å². The molecule has 2 aromatic carbocycles. The van der Waals surface area contributed by atoms with Crippen molar-refractivity contribution < 1.29 is 14.6 Å². The van der Waals surface area contributed by atoms with Crippen molar-refractivity contribution in [2.45, 2.75) is 31.8 Å². The topological polar surface area (TPSA) is 70.6 Å². The van der Waals surface area contributed by atoms with Gasteiger partial charge in [0.25, 0.3) is 0 Å². The van der Waals surface area contributed by atoms with Gasteiger partial charge in [0.15, 0.2) is 0 Å². The summed E-state index contributed by atoms with van der Waals surface area (Å²) in [5.74, 6) is 0.792. The maximum Gasteiger partial charge on any atom is 0.227 e. The van der Waals surface area contributed by atoms with Gasteiger partial charge in [0.1, 0.15) is 5.75 Å². The van der Waals surface area contributed by atoms with Crippen molar-refractivity contribution in [3.05, 3.63) is 48.5 Å². The summed E-state index contributed by atoms with van der Waals surface area (Å²) in [7, 11) is 1.64. The molecule has 0 aliphatic heterocycles. The van der Waals surface area contributed by atoms with Gasteiger partial charge in [-0.1, -0.05) is 12.1 Å². The van der Waals surface area contributed by atoms with E-state index in [-0.39, 0.29) is 17.9 Å². The quantitative estimate of drug-likeness (QED) is 0.771. The van der Waals surface area contributed by atoms with Crippen molar-refractivity contribution in [2.75, 3.05) is 17.7 Å². The van der Waals surface area contributed by atoms with Gasteiger partial charge >= 0.3 is 0 Å². The Hall–Kier alpha value is -2.53. The second-order valence-electron chi connectivity index (χ2n) is 6.39. The number of methoxy groups -OCH3 is 1. The number of amides is 1. The van der Waals surface area contributed by atoms with E-state index >= 15 is 0 Å². The van der Waals surface area contributed by atoms with Crippen LogP contribution in [0.4, 0.5) is 17.1 Å². The number of anilines is 3. The molecule has 0 spiro atoms. The Labute approximate surface area is 148 Å². The summed E-state index contributed by atoms with van der Waals surface area (Å²) in [6, 6.07) is 15.3. The number of para-hydroxylation sites is 2. The van der Waals surface area contributed by atoms with Crippen LogP contribution < -0.4 is 15.4 Å². The van der Waals surface area contributed by atoms with Gasteiger partial charge in [-0.2, -0.15) is 0 Å². The standard InChI is InChI=1S/C20H24N2O3/c1-25-17-12-8-15(9-13-17)21-18-4-2-3-5-19(18)22-20(24)14-6-10-16(23)11-7-14/h2-5,8-9,12-14,16,21,23H,6-7,10-11H2,1H3,(H,22,24). The van der Waals surface area contributed by atoms with E-state index in [1.807, 2.05) is 48.5 Å². The molecule has 1 aliphatic rings. The average molecular weight is 340 g/mol. The molecular formula is C20H24N2O3. The predicted molar refractivity (Wildman–Crippen MR) is 99.3 cm³/mol. The maximum atomic E-state index is 12.5. The lowest BCUT2D eigenvalue weighted by atomic mass is 9.87. The Kier molecular flexibility index (Phi) is 5.56. The Morgan fingerprint density at radius 3 is 2.28 bits per heavy atom. The molecule has 2 aromatic rings. The Bertz CT molecular complexity index is 707. The van der Waals surface area contributed by atoms with Crippen molar-refractivity contribution in [3.63, 3.8) is 0 Å². The summed E-state index contributed by atoms with van der Waals surface area (Å²) >= 11 is 0. The summed E-state index contributed by atoms with van der Waals surface area (Å²) < 4.78 is 5.17. The predicted octanol–water partition coefficient (Wildman–Crippen LogP) is 3.93. The lowest BCUT2D eigenvalue weighted by molar-refractivity contribution is -0.121. The summed E-state index contributed by atoms with van der Waals surface area (Å²) in [4.78, 5) is 12.5. The van der Waals surface area contributed by atoms with Crippen molar-refractivity contribution in [3.8, 4) is 5.75 Å². The molecule has 1 amide bonds. The molecule has 0 radical (unpaired) electrons. The number of hydrogen-bond acceptors (Lipinski definition) is 4. The van der Waals surface area contributed by atoms with Crippen LogP contribution in [0, 0.1) is 5.92 Å². The number of rotatable bonds is 5. The van der Waals surface area contributed by atoms with Crippen LogP contribution in [0.25, 0.3) is 0 Å². The lowest BCUT2D eigenvalue weighted by Crippen LogP contribution is -2.28. The molecule has 3 N–H and O–H groups in total. The lowest BCUT2D eigenvalue weighted by Gasteiger charge is -2.25. The van der Waals surface area contributed by atoms with Crippen molar-refractivity contribution in [1.82, 2.24) is 0 Å². The largest absolute Gasteiger partial charge is 0.497 e. The molecule has 3 rings (SSSR count). The van der Waals surface area contributed by atoms with Crippen molar-refractivity contribution in [2.24, 2.45) is 5.92 Å². The second kappa shape index (κ2) is 8.03. The first-order chi connectivity index (χ1) is 12.2. The van der Waals surface area contributed by atoms with Gasteiger partial charge in [0.2, 0.25) is 5.91 Å². The first-order valence-corrected chi connectivity index (χ1v) is 8.65. The summed E-state index contributed by atoms with van der Waals surface area (Å²) in [5, 5.41) is 16.0. The third kappa shape index (κ3) is 4.51. The molecule has 25 heavy (non-hydrogen) atoms. The number of carbonyl (C=O) groups excluding carboxylic acids is 1. The number of aliphatic hydroxyl groups excluding tert-OH is 1. The van der Waals surface area contributed by atoms with E-state index in [1.165, 1.54) is 0 Å². The number of aliphatic hydroxyl groups is 1. The summed E-state index contributed by atoms with van der Waals surface area (Å²) in [5.41, 5.74) is 2.52. The molecule has 0 bridgehead atoms. The molecular weight excluding hydrogens is 316 g/mol. The van der Waals surface area contributed by atoms with E-state index in [1.54, 1.807) is 7.11 Å². The Morgan fingerprint density at radius 2 is 1.64 bits per heavy atom. The zero-order chi connectivity index (χ0) is 17.6. The fourth-order valence-corrected chi connectivity index (χ4v) is 3.10. The van der Waals surface area contributed by atoms with Gasteiger partial charge in [-0.3, -0.25) is 4.79 Å². The highest BCUT2D eigenvalue weighted by Crippen LogP contribution is 2.29. The minimum atomic E-state index is -0.256. The fourth-order valence-electron chi connectivity index (χ4n) is 3.10. The second-order valence-corrected chi connectivity index (χ2v) is 6.39. The SMILES string of the molecule is COc1ccc(Nc2ccccc2NC(=O)C2CCC(O)CC2)cc1. The minimum absolute atomic E-state index is 0.0240. The molecule has 1 aliphatic carbocycles. The van der Waals surface area contributed by atoms with Gasteiger partial charge in [0.05, 0.1) is 24.6 Å². The van der Waals surface area contributed by atoms with E-state index in [4.69, 9.17) is 4.74 Å². The van der Waals surface area contributed by atoms with E-state index < -0.39 is 0 Å². The van der Waals surface area contributed by atoms with E-state index in [2.05, 4.69) is 10.6 Å². The number of hydrogen-bond donors (Lipinski definition) is 3. The molecule has 0 heterocycles. The van der Waals surface area contributed by atoms with Gasteiger partial charge in [-0.15, -0.1) is 0 Å². The molecule has 1 saturated carbocycles. The normalized spacial score (nSPS) is 19.9. The molecule has 0 unspecified atom stereocenters. The first kappa shape index (κ1) is 17.3. The molecule has 5 heteroatoms. The smallest absolute Gasteiger partial charge is 0.227 e. The number of ether oxygens (including phenoxy) is 1. The van der Waals surface area contributed by atoms with Crippen LogP contribution in [0.15, 0.2) is 48.5 Å². The molecule has 0 saturated heterocycles. The number of carbonyl (C=O) groups is 1. The molecule has 1 fully saturated rings. The Balaban J connectivity index is 1.68. The van der Waals surface area contributed by atoms with Crippen molar-refractivity contribution in [1.29, 1.82) is 0 Å². The fraction of sp³-hybridized carbons (Fsp3) is 0.350. The van der Waals surface area contributed by atoms with Crippen LogP contribution in [0.1, 0.15) is 25.7 Å². The van der Waals surface area contributed by atoms with Crippen LogP contribution in [0.2, 0.25) is 0 Å². The van der Waals surface area contributed by atoms with Gasteiger partial charge in [0, 0.05) is 11.6 Å². The number of benzene rings is 2. The van der Waals surface area contributed by atoms with Crippen molar-refractivity contribution >= 4 is 23.0 Å². The number of nitrogens with one attached hydrogen (secondary N) is 2. The Morgan fingerprint density at radius 1 is 1.00 bits per heavy atom. The van der Waals surface area contributed by atoms with E-state index in [0.29, 0.717) is 12.8 Å². The third-order valence-corrected chi connectivity index (χ3v) is 4.62. The molecule has 132 valence electrons. The minimum Gasteiger partial charge on any atom is -0.497 e. The van der Waals surface area contributed by atoms with Crippen LogP contribution in [0.3, 0.4) is 0 Å². The highest BCUT2D eigenvalue weighted by molar-refractivity contribution is 5.96. The maximum absolute atomic E-state index is 12.5. The van der Waals surface area contributed by atoms with Gasteiger partial charge in [-0.25, -0.2) is 0 Å². The first-order valence-electron chi connectivity index (χ1n) is 8.65. The third-order valence-electron chi connectivity index (χ3n) is 4.62. The molecule has 0 atom stereocenters. The zero-order valence-electron chi connectivity index (χ0n) is 14.4. The van der Waals surface area contributed by atoms with Crippen LogP contribution in [-0.4, -0.2) is 24.2 Å². The highest BCUT2D eigenvalue weighted by atomic mass is 16.5. The van der Waals surface area contributed by atoms with Crippen LogP contribution in [-0.2, 0) is 4.79 Å². The highest BCUT2D eigenvalue weighted by Gasteiger charge is 2.25. The zero-order valence-corrected chi connectivity index (χ0v) is 14.4.